The van der Waals surface area contributed by atoms with E-state index < -0.39 is 10.5 Å². The first-order chi connectivity index (χ1) is 14.6. The van der Waals surface area contributed by atoms with Gasteiger partial charge in [0, 0.05) is 36.3 Å². The molecule has 3 aromatic rings. The van der Waals surface area contributed by atoms with E-state index in [1.54, 1.807) is 0 Å². The molecule has 2 heterocycles. The highest BCUT2D eigenvalue weighted by molar-refractivity contribution is 5.95. The first kappa shape index (κ1) is 19.6. The third kappa shape index (κ3) is 3.63. The zero-order valence-electron chi connectivity index (χ0n) is 16.4. The van der Waals surface area contributed by atoms with E-state index in [1.165, 1.54) is 41.7 Å². The van der Waals surface area contributed by atoms with Crippen molar-refractivity contribution in [2.75, 3.05) is 31.5 Å². The lowest BCUT2D eigenvalue weighted by Crippen LogP contribution is -2.28. The van der Waals surface area contributed by atoms with Crippen molar-refractivity contribution in [2.45, 2.75) is 12.8 Å². The molecular weight excluding hydrogens is 382 g/mol. The zero-order chi connectivity index (χ0) is 21.1. The fourth-order valence-corrected chi connectivity index (χ4v) is 3.96. The highest BCUT2D eigenvalue weighted by Gasteiger charge is 2.19. The Morgan fingerprint density at radius 3 is 2.47 bits per heavy atom. The lowest BCUT2D eigenvalue weighted by molar-refractivity contribution is -0.384. The van der Waals surface area contributed by atoms with Gasteiger partial charge in [0.2, 0.25) is 0 Å². The van der Waals surface area contributed by atoms with Crippen LogP contribution in [0.15, 0.2) is 53.3 Å². The van der Waals surface area contributed by atoms with Crippen LogP contribution < -0.4 is 10.9 Å². The number of fused-ring (bicyclic) bond motifs is 1. The highest BCUT2D eigenvalue weighted by atomic mass is 16.6. The van der Waals surface area contributed by atoms with Gasteiger partial charge in [-0.2, -0.15) is 5.26 Å². The summed E-state index contributed by atoms with van der Waals surface area (Å²) in [6.45, 7) is 3.65. The summed E-state index contributed by atoms with van der Waals surface area (Å²) < 4.78 is 1.43. The van der Waals surface area contributed by atoms with E-state index in [0.29, 0.717) is 23.4 Å². The molecule has 1 fully saturated rings. The maximum absolute atomic E-state index is 13.2. The standard InChI is InChI=1S/C22H21N5O3/c23-15-19-21(24-11-14-25-12-3-4-13-25)18-5-1-2-6-20(18)26(22(19)28)16-7-9-17(10-8-16)27(29)30/h1-2,5-10,24H,3-4,11-14H2. The number of non-ortho nitro benzene ring substituents is 1. The molecule has 8 nitrogen and oxygen atoms in total. The summed E-state index contributed by atoms with van der Waals surface area (Å²) in [6, 6.07) is 15.2. The molecule has 152 valence electrons. The number of likely N-dealkylation sites (tertiary alicyclic amines) is 1. The number of nitriles is 1. The molecule has 30 heavy (non-hydrogen) atoms. The smallest absolute Gasteiger partial charge is 0.275 e. The summed E-state index contributed by atoms with van der Waals surface area (Å²) >= 11 is 0. The Labute approximate surface area is 173 Å². The third-order valence-corrected chi connectivity index (χ3v) is 5.44. The second-order valence-electron chi connectivity index (χ2n) is 7.27. The van der Waals surface area contributed by atoms with Crippen LogP contribution in [0.25, 0.3) is 16.6 Å². The van der Waals surface area contributed by atoms with Gasteiger partial charge in [-0.1, -0.05) is 18.2 Å². The molecule has 0 atom stereocenters. The number of hydrogen-bond acceptors (Lipinski definition) is 6. The minimum absolute atomic E-state index is 0.0356. The number of para-hydroxylation sites is 1. The summed E-state index contributed by atoms with van der Waals surface area (Å²) in [4.78, 5) is 26.1. The van der Waals surface area contributed by atoms with Crippen LogP contribution in [0.5, 0.6) is 0 Å². The molecule has 2 aromatic carbocycles. The molecular formula is C22H21N5O3. The Bertz CT molecular complexity index is 1190. The number of anilines is 1. The molecule has 1 aliphatic rings. The normalized spacial score (nSPS) is 14.0. The summed E-state index contributed by atoms with van der Waals surface area (Å²) in [5.74, 6) is 0. The molecule has 4 rings (SSSR count). The average molecular weight is 403 g/mol. The highest BCUT2D eigenvalue weighted by Crippen LogP contribution is 2.27. The number of hydrogen-bond donors (Lipinski definition) is 1. The number of nitro benzene ring substituents is 1. The third-order valence-electron chi connectivity index (χ3n) is 5.44. The van der Waals surface area contributed by atoms with Gasteiger partial charge in [0.25, 0.3) is 11.2 Å². The molecule has 0 amide bonds. The van der Waals surface area contributed by atoms with Crippen LogP contribution in [-0.2, 0) is 0 Å². The van der Waals surface area contributed by atoms with Gasteiger partial charge >= 0.3 is 0 Å². The SMILES string of the molecule is N#Cc1c(NCCN2CCCC2)c2ccccc2n(-c2ccc([N+](=O)[O-])cc2)c1=O. The van der Waals surface area contributed by atoms with E-state index in [0.717, 1.165) is 25.0 Å². The van der Waals surface area contributed by atoms with Crippen molar-refractivity contribution < 1.29 is 4.92 Å². The van der Waals surface area contributed by atoms with Crippen LogP contribution in [0.3, 0.4) is 0 Å². The lowest BCUT2D eigenvalue weighted by atomic mass is 10.1. The zero-order valence-corrected chi connectivity index (χ0v) is 16.4. The number of rotatable bonds is 6. The number of nitrogens with zero attached hydrogens (tertiary/aromatic N) is 4. The molecule has 1 saturated heterocycles. The second kappa shape index (κ2) is 8.35. The molecule has 1 aromatic heterocycles. The Morgan fingerprint density at radius 2 is 1.80 bits per heavy atom. The molecule has 1 aliphatic heterocycles. The predicted molar refractivity (Wildman–Crippen MR) is 115 cm³/mol. The largest absolute Gasteiger partial charge is 0.382 e. The van der Waals surface area contributed by atoms with Crippen molar-refractivity contribution in [3.8, 4) is 11.8 Å². The van der Waals surface area contributed by atoms with Gasteiger partial charge in [-0.25, -0.2) is 0 Å². The van der Waals surface area contributed by atoms with Crippen molar-refractivity contribution >= 4 is 22.3 Å². The molecule has 8 heteroatoms. The van der Waals surface area contributed by atoms with Crippen molar-refractivity contribution in [3.05, 3.63) is 74.6 Å². The van der Waals surface area contributed by atoms with E-state index in [2.05, 4.69) is 16.3 Å². The quantitative estimate of drug-likeness (QED) is 0.500. The van der Waals surface area contributed by atoms with Gasteiger partial charge in [0.1, 0.15) is 11.6 Å². The van der Waals surface area contributed by atoms with Crippen LogP contribution in [0.4, 0.5) is 11.4 Å². The number of nitrogens with one attached hydrogen (secondary N) is 1. The summed E-state index contributed by atoms with van der Waals surface area (Å²) in [5.41, 5.74) is 1.18. The van der Waals surface area contributed by atoms with Gasteiger partial charge in [-0.05, 0) is 44.1 Å². The van der Waals surface area contributed by atoms with E-state index in [1.807, 2.05) is 24.3 Å². The van der Waals surface area contributed by atoms with Crippen molar-refractivity contribution in [1.29, 1.82) is 5.26 Å². The molecule has 0 spiro atoms. The Hall–Kier alpha value is -3.70. The minimum atomic E-state index is -0.487. The Kier molecular flexibility index (Phi) is 5.46. The topological polar surface area (TPSA) is 104 Å². The molecule has 0 unspecified atom stereocenters. The van der Waals surface area contributed by atoms with E-state index in [9.17, 15) is 20.2 Å². The summed E-state index contributed by atoms with van der Waals surface area (Å²) in [6.07, 6.45) is 2.41. The first-order valence-electron chi connectivity index (χ1n) is 9.89. The summed E-state index contributed by atoms with van der Waals surface area (Å²) in [5, 5.41) is 24.8. The number of aromatic nitrogens is 1. The van der Waals surface area contributed by atoms with Crippen molar-refractivity contribution in [1.82, 2.24) is 9.47 Å². The second-order valence-corrected chi connectivity index (χ2v) is 7.27. The Balaban J connectivity index is 1.79. The molecule has 0 bridgehead atoms. The van der Waals surface area contributed by atoms with E-state index >= 15 is 0 Å². The summed E-state index contributed by atoms with van der Waals surface area (Å²) in [7, 11) is 0. The van der Waals surface area contributed by atoms with Gasteiger partial charge in [0.05, 0.1) is 16.1 Å². The fourth-order valence-electron chi connectivity index (χ4n) is 3.96. The monoisotopic (exact) mass is 403 g/mol. The van der Waals surface area contributed by atoms with Crippen LogP contribution in [0, 0.1) is 21.4 Å². The van der Waals surface area contributed by atoms with E-state index in [4.69, 9.17) is 0 Å². The minimum Gasteiger partial charge on any atom is -0.382 e. The van der Waals surface area contributed by atoms with Crippen molar-refractivity contribution in [2.24, 2.45) is 0 Å². The maximum atomic E-state index is 13.2. The average Bonchev–Trinajstić information content (AvgIpc) is 3.27. The predicted octanol–water partition coefficient (Wildman–Crippen LogP) is 3.28. The van der Waals surface area contributed by atoms with Gasteiger partial charge in [0.15, 0.2) is 0 Å². The fraction of sp³-hybridized carbons (Fsp3) is 0.273. The van der Waals surface area contributed by atoms with Crippen LogP contribution in [0.1, 0.15) is 18.4 Å². The Morgan fingerprint density at radius 1 is 1.10 bits per heavy atom. The van der Waals surface area contributed by atoms with Gasteiger partial charge < -0.3 is 10.2 Å². The number of benzene rings is 2. The van der Waals surface area contributed by atoms with Gasteiger partial charge in [-0.3, -0.25) is 19.5 Å². The first-order valence-corrected chi connectivity index (χ1v) is 9.89. The van der Waals surface area contributed by atoms with Crippen molar-refractivity contribution in [3.63, 3.8) is 0 Å². The van der Waals surface area contributed by atoms with E-state index in [-0.39, 0.29) is 11.3 Å². The molecule has 0 radical (unpaired) electrons. The molecule has 0 saturated carbocycles. The van der Waals surface area contributed by atoms with Crippen LogP contribution >= 0.6 is 0 Å². The molecule has 0 aliphatic carbocycles. The molecule has 1 N–H and O–H groups in total. The maximum Gasteiger partial charge on any atom is 0.275 e. The van der Waals surface area contributed by atoms with Gasteiger partial charge in [-0.15, -0.1) is 0 Å². The van der Waals surface area contributed by atoms with Crippen LogP contribution in [0.2, 0.25) is 0 Å². The lowest BCUT2D eigenvalue weighted by Gasteiger charge is -2.19. The number of nitro groups is 1. The van der Waals surface area contributed by atoms with Crippen LogP contribution in [-0.4, -0.2) is 40.6 Å². The number of pyridine rings is 1.